The Balaban J connectivity index is 2.19. The van der Waals surface area contributed by atoms with Crippen LogP contribution in [0.2, 0.25) is 5.02 Å². The minimum atomic E-state index is -4.50. The highest BCUT2D eigenvalue weighted by Crippen LogP contribution is 2.37. The Morgan fingerprint density at radius 2 is 1.54 bits per heavy atom. The number of hydrogen-bond donors (Lipinski definition) is 0. The molecule has 128 valence electrons. The maximum atomic E-state index is 12.6. The second kappa shape index (κ2) is 7.00. The lowest BCUT2D eigenvalue weighted by Gasteiger charge is -2.12. The van der Waals surface area contributed by atoms with E-state index in [9.17, 15) is 18.0 Å². The van der Waals surface area contributed by atoms with Gasteiger partial charge in [0, 0.05) is 5.56 Å². The minimum absolute atomic E-state index is 0.0325. The van der Waals surface area contributed by atoms with E-state index in [4.69, 9.17) is 51.1 Å². The lowest BCUT2D eigenvalue weighted by atomic mass is 10.1. The number of rotatable bonds is 3. The summed E-state index contributed by atoms with van der Waals surface area (Å²) < 4.78 is 41.0. The molecule has 0 aliphatic rings. The number of carbonyl (C=O) groups is 1. The van der Waals surface area contributed by atoms with Crippen LogP contribution in [-0.4, -0.2) is 9.58 Å². The van der Waals surface area contributed by atoms with Crippen molar-refractivity contribution in [3.63, 3.8) is 0 Å². The number of carbonyl (C=O) groups excluding carboxylic acids is 1. The Kier molecular flexibility index (Phi) is 5.60. The van der Waals surface area contributed by atoms with Crippen molar-refractivity contribution >= 4 is 52.2 Å². The Morgan fingerprint density at radius 3 is 2.00 bits per heavy atom. The van der Waals surface area contributed by atoms with E-state index < -0.39 is 21.3 Å². The summed E-state index contributed by atoms with van der Waals surface area (Å²) in [6, 6.07) is 8.23. The topological polar surface area (TPSA) is 26.3 Å². The van der Waals surface area contributed by atoms with E-state index in [1.165, 1.54) is 24.3 Å². The molecule has 0 heterocycles. The van der Waals surface area contributed by atoms with Crippen LogP contribution in [0.4, 0.5) is 13.2 Å². The third kappa shape index (κ3) is 4.70. The van der Waals surface area contributed by atoms with Crippen molar-refractivity contribution in [3.05, 3.63) is 58.6 Å². The van der Waals surface area contributed by atoms with Gasteiger partial charge in [0.1, 0.15) is 11.5 Å². The van der Waals surface area contributed by atoms with Crippen molar-refractivity contribution in [3.8, 4) is 11.5 Å². The SMILES string of the molecule is O=C(c1ccc(Oc2ccc(C(F)(F)F)cc2Cl)cc1)C(Cl)(Cl)Cl. The van der Waals surface area contributed by atoms with Gasteiger partial charge in [-0.05, 0) is 42.5 Å². The second-order valence-corrected chi connectivity index (χ2v) is 7.28. The summed E-state index contributed by atoms with van der Waals surface area (Å²) in [5.74, 6) is -0.436. The fourth-order valence-electron chi connectivity index (χ4n) is 1.72. The molecule has 0 N–H and O–H groups in total. The average Bonchev–Trinajstić information content (AvgIpc) is 2.47. The molecule has 2 aromatic carbocycles. The monoisotopic (exact) mass is 416 g/mol. The fourth-order valence-corrected chi connectivity index (χ4v) is 2.27. The summed E-state index contributed by atoms with van der Waals surface area (Å²) in [4.78, 5) is 11.8. The predicted octanol–water partition coefficient (Wildman–Crippen LogP) is 6.70. The lowest BCUT2D eigenvalue weighted by Crippen LogP contribution is -2.18. The van der Waals surface area contributed by atoms with Crippen LogP contribution in [0, 0.1) is 0 Å². The molecule has 2 aromatic rings. The molecule has 0 saturated carbocycles. The summed E-state index contributed by atoms with van der Waals surface area (Å²) in [6.45, 7) is 0. The second-order valence-electron chi connectivity index (χ2n) is 4.60. The van der Waals surface area contributed by atoms with Gasteiger partial charge in [-0.25, -0.2) is 0 Å². The highest BCUT2D eigenvalue weighted by molar-refractivity contribution is 6.77. The Morgan fingerprint density at radius 1 is 0.958 bits per heavy atom. The Hall–Kier alpha value is -1.14. The molecule has 0 saturated heterocycles. The van der Waals surface area contributed by atoms with E-state index in [0.717, 1.165) is 18.2 Å². The third-order valence-corrected chi connectivity index (χ3v) is 3.67. The van der Waals surface area contributed by atoms with Crippen LogP contribution in [0.1, 0.15) is 15.9 Å². The van der Waals surface area contributed by atoms with Crippen LogP contribution in [0.25, 0.3) is 0 Å². The van der Waals surface area contributed by atoms with Gasteiger partial charge in [0.2, 0.25) is 5.78 Å². The van der Waals surface area contributed by atoms with Gasteiger partial charge in [-0.1, -0.05) is 46.4 Å². The van der Waals surface area contributed by atoms with Gasteiger partial charge in [0.05, 0.1) is 10.6 Å². The molecule has 0 radical (unpaired) electrons. The number of ether oxygens (including phenoxy) is 1. The predicted molar refractivity (Wildman–Crippen MR) is 87.6 cm³/mol. The highest BCUT2D eigenvalue weighted by atomic mass is 35.6. The average molecular weight is 418 g/mol. The number of alkyl halides is 6. The summed E-state index contributed by atoms with van der Waals surface area (Å²) in [5, 5.41) is -0.203. The Labute approximate surface area is 155 Å². The molecule has 0 spiro atoms. The van der Waals surface area contributed by atoms with Gasteiger partial charge in [0.25, 0.3) is 3.79 Å². The van der Waals surface area contributed by atoms with Gasteiger partial charge in [-0.15, -0.1) is 0 Å². The molecule has 0 unspecified atom stereocenters. The van der Waals surface area contributed by atoms with Gasteiger partial charge in [-0.2, -0.15) is 13.2 Å². The first-order valence-corrected chi connectivity index (χ1v) is 7.76. The van der Waals surface area contributed by atoms with E-state index in [1.54, 1.807) is 0 Å². The number of halogens is 7. The number of ketones is 1. The van der Waals surface area contributed by atoms with E-state index in [1.807, 2.05) is 0 Å². The quantitative estimate of drug-likeness (QED) is 0.410. The van der Waals surface area contributed by atoms with E-state index in [2.05, 4.69) is 0 Å². The van der Waals surface area contributed by atoms with Crippen molar-refractivity contribution in [2.75, 3.05) is 0 Å². The van der Waals surface area contributed by atoms with Crippen molar-refractivity contribution in [2.24, 2.45) is 0 Å². The standard InChI is InChI=1S/C15H7Cl4F3O2/c16-11-7-9(15(20,21)22)3-6-12(11)24-10-4-1-8(2-5-10)13(23)14(17,18)19/h1-7H. The molecule has 0 atom stereocenters. The molecular formula is C15H7Cl4F3O2. The molecule has 0 amide bonds. The smallest absolute Gasteiger partial charge is 0.416 e. The fraction of sp³-hybridized carbons (Fsp3) is 0.133. The van der Waals surface area contributed by atoms with E-state index >= 15 is 0 Å². The molecule has 0 aliphatic heterocycles. The molecule has 0 aromatic heterocycles. The van der Waals surface area contributed by atoms with Gasteiger partial charge in [0.15, 0.2) is 0 Å². The van der Waals surface area contributed by atoms with Gasteiger partial charge >= 0.3 is 6.18 Å². The molecule has 2 rings (SSSR count). The van der Waals surface area contributed by atoms with Crippen LogP contribution in [0.15, 0.2) is 42.5 Å². The Bertz CT molecular complexity index is 753. The molecule has 2 nitrogen and oxygen atoms in total. The van der Waals surface area contributed by atoms with E-state index in [0.29, 0.717) is 0 Å². The summed E-state index contributed by atoms with van der Waals surface area (Å²) >= 11 is 22.3. The zero-order valence-electron chi connectivity index (χ0n) is 11.5. The molecule has 9 heteroatoms. The normalized spacial score (nSPS) is 12.1. The van der Waals surface area contributed by atoms with Crippen LogP contribution in [0.3, 0.4) is 0 Å². The maximum Gasteiger partial charge on any atom is 0.416 e. The van der Waals surface area contributed by atoms with Crippen LogP contribution < -0.4 is 4.74 Å². The van der Waals surface area contributed by atoms with Crippen molar-refractivity contribution in [2.45, 2.75) is 9.97 Å². The third-order valence-electron chi connectivity index (χ3n) is 2.86. The number of hydrogen-bond acceptors (Lipinski definition) is 2. The van der Waals surface area contributed by atoms with Crippen molar-refractivity contribution in [1.82, 2.24) is 0 Å². The number of benzene rings is 2. The largest absolute Gasteiger partial charge is 0.456 e. The van der Waals surface area contributed by atoms with Crippen LogP contribution in [-0.2, 0) is 6.18 Å². The zero-order valence-corrected chi connectivity index (χ0v) is 14.5. The number of Topliss-reactive ketones (excluding diaryl/α,β-unsaturated/α-hetero) is 1. The molecule has 0 aliphatic carbocycles. The maximum absolute atomic E-state index is 12.6. The summed E-state index contributed by atoms with van der Waals surface area (Å²) in [6.07, 6.45) is -4.50. The minimum Gasteiger partial charge on any atom is -0.456 e. The summed E-state index contributed by atoms with van der Waals surface area (Å²) in [7, 11) is 0. The first kappa shape index (κ1) is 19.2. The van der Waals surface area contributed by atoms with Crippen molar-refractivity contribution < 1.29 is 22.7 Å². The van der Waals surface area contributed by atoms with Gasteiger partial charge in [-0.3, -0.25) is 4.79 Å². The molecule has 0 fully saturated rings. The first-order valence-electron chi connectivity index (χ1n) is 6.24. The van der Waals surface area contributed by atoms with Crippen LogP contribution in [0.5, 0.6) is 11.5 Å². The zero-order chi connectivity index (χ0) is 18.1. The molecular weight excluding hydrogens is 411 g/mol. The lowest BCUT2D eigenvalue weighted by molar-refractivity contribution is -0.137. The van der Waals surface area contributed by atoms with E-state index in [-0.39, 0.29) is 22.1 Å². The first-order chi connectivity index (χ1) is 11.0. The summed E-state index contributed by atoms with van der Waals surface area (Å²) in [5.41, 5.74) is -0.746. The van der Waals surface area contributed by atoms with Crippen molar-refractivity contribution in [1.29, 1.82) is 0 Å². The highest BCUT2D eigenvalue weighted by Gasteiger charge is 2.32. The molecule has 0 bridgehead atoms. The van der Waals surface area contributed by atoms with Gasteiger partial charge < -0.3 is 4.74 Å². The van der Waals surface area contributed by atoms with Crippen LogP contribution >= 0.6 is 46.4 Å². The molecule has 24 heavy (non-hydrogen) atoms.